The summed E-state index contributed by atoms with van der Waals surface area (Å²) in [6.45, 7) is 14.7. The number of carbonyl (C=O) groups is 2. The van der Waals surface area contributed by atoms with E-state index in [-0.39, 0.29) is 31.0 Å². The number of pyridine rings is 1. The largest absolute Gasteiger partial charge is 0.484 e. The molecule has 3 aromatic heterocycles. The van der Waals surface area contributed by atoms with Gasteiger partial charge < -0.3 is 34.1 Å². The molecule has 3 atom stereocenters. The van der Waals surface area contributed by atoms with E-state index in [1.54, 1.807) is 7.11 Å². The predicted octanol–water partition coefficient (Wildman–Crippen LogP) is 5.03. The van der Waals surface area contributed by atoms with Crippen molar-refractivity contribution in [2.75, 3.05) is 51.5 Å². The number of methoxy groups -OCH3 is 1. The third-order valence-corrected chi connectivity index (χ3v) is 11.9. The summed E-state index contributed by atoms with van der Waals surface area (Å²) >= 11 is 1.49. The highest BCUT2D eigenvalue weighted by atomic mass is 32.1. The second-order valence-corrected chi connectivity index (χ2v) is 17.4. The minimum absolute atomic E-state index is 0.182. The summed E-state index contributed by atoms with van der Waals surface area (Å²) in [5.74, 6) is 0.135. The molecule has 3 N–H and O–H groups in total. The molecule has 4 aliphatic heterocycles. The summed E-state index contributed by atoms with van der Waals surface area (Å²) < 4.78 is 26.9. The first-order valence-corrected chi connectivity index (χ1v) is 19.9. The van der Waals surface area contributed by atoms with E-state index in [0.29, 0.717) is 45.6 Å². The van der Waals surface area contributed by atoms with Gasteiger partial charge in [0.15, 0.2) is 0 Å². The molecule has 14 heteroatoms. The van der Waals surface area contributed by atoms with Crippen LogP contribution in [0.4, 0.5) is 5.69 Å². The van der Waals surface area contributed by atoms with Gasteiger partial charge in [-0.15, -0.1) is 11.3 Å². The third kappa shape index (κ3) is 6.98. The Bertz CT molecular complexity index is 2090. The van der Waals surface area contributed by atoms with Crippen molar-refractivity contribution < 1.29 is 28.5 Å². The van der Waals surface area contributed by atoms with Crippen LogP contribution in [-0.2, 0) is 43.2 Å². The van der Waals surface area contributed by atoms with Crippen LogP contribution in [0.3, 0.4) is 0 Å². The molecule has 0 unspecified atom stereocenters. The molecule has 0 spiro atoms. The summed E-state index contributed by atoms with van der Waals surface area (Å²) in [5.41, 5.74) is 16.4. The van der Waals surface area contributed by atoms with E-state index in [1.807, 2.05) is 18.5 Å². The van der Waals surface area contributed by atoms with Crippen molar-refractivity contribution in [1.82, 2.24) is 25.0 Å². The van der Waals surface area contributed by atoms with E-state index in [9.17, 15) is 9.59 Å². The van der Waals surface area contributed by atoms with Gasteiger partial charge in [0.25, 0.3) is 5.91 Å². The van der Waals surface area contributed by atoms with Crippen molar-refractivity contribution >= 4 is 39.8 Å². The van der Waals surface area contributed by atoms with Gasteiger partial charge in [-0.25, -0.2) is 10.4 Å². The molecule has 0 aliphatic carbocycles. The van der Waals surface area contributed by atoms with Crippen LogP contribution in [0.2, 0.25) is 0 Å². The molecule has 13 nitrogen and oxygen atoms in total. The van der Waals surface area contributed by atoms with E-state index in [4.69, 9.17) is 34.6 Å². The lowest BCUT2D eigenvalue weighted by atomic mass is 9.84. The molecule has 6 bridgehead atoms. The lowest BCUT2D eigenvalue weighted by molar-refractivity contribution is -0.154. The number of rotatable bonds is 4. The zero-order chi connectivity index (χ0) is 37.9. The highest BCUT2D eigenvalue weighted by Gasteiger charge is 2.38. The molecular weight excluding hydrogens is 707 g/mol. The Kier molecular flexibility index (Phi) is 9.70. The molecule has 0 radical (unpaired) electrons. The zero-order valence-corrected chi connectivity index (χ0v) is 32.9. The first-order valence-electron chi connectivity index (χ1n) is 19.0. The highest BCUT2D eigenvalue weighted by molar-refractivity contribution is 7.10. The topological polar surface area (TPSA) is 146 Å². The monoisotopic (exact) mass is 757 g/mol. The van der Waals surface area contributed by atoms with Gasteiger partial charge in [-0.2, -0.15) is 0 Å². The van der Waals surface area contributed by atoms with Gasteiger partial charge in [-0.3, -0.25) is 19.6 Å². The number of benzene rings is 1. The summed E-state index contributed by atoms with van der Waals surface area (Å²) in [4.78, 5) is 39.5. The number of thiazole rings is 1. The molecule has 7 heterocycles. The second-order valence-electron chi connectivity index (χ2n) is 16.4. The average molecular weight is 758 g/mol. The average Bonchev–Trinajstić information content (AvgIpc) is 3.74. The van der Waals surface area contributed by atoms with Gasteiger partial charge in [0.05, 0.1) is 78.0 Å². The van der Waals surface area contributed by atoms with Gasteiger partial charge in [0.2, 0.25) is 0 Å². The van der Waals surface area contributed by atoms with E-state index in [0.717, 1.165) is 74.2 Å². The van der Waals surface area contributed by atoms with Crippen LogP contribution < -0.4 is 20.8 Å². The molecule has 4 aliphatic rings. The zero-order valence-electron chi connectivity index (χ0n) is 32.1. The smallest absolute Gasteiger partial charge is 0.324 e. The second kappa shape index (κ2) is 14.2. The summed E-state index contributed by atoms with van der Waals surface area (Å²) in [6, 6.07) is 5.10. The van der Waals surface area contributed by atoms with Crippen LogP contribution in [0.15, 0.2) is 29.8 Å². The van der Waals surface area contributed by atoms with Crippen molar-refractivity contribution in [3.05, 3.63) is 46.0 Å². The van der Waals surface area contributed by atoms with Crippen LogP contribution in [0.25, 0.3) is 33.4 Å². The number of hydrogen-bond acceptors (Lipinski definition) is 12. The van der Waals surface area contributed by atoms with E-state index < -0.39 is 23.1 Å². The Hall–Kier alpha value is -4.08. The van der Waals surface area contributed by atoms with Crippen LogP contribution in [0.5, 0.6) is 5.75 Å². The fourth-order valence-corrected chi connectivity index (χ4v) is 9.07. The van der Waals surface area contributed by atoms with Crippen LogP contribution in [0, 0.1) is 5.41 Å². The van der Waals surface area contributed by atoms with Gasteiger partial charge in [-0.1, -0.05) is 13.8 Å². The maximum absolute atomic E-state index is 13.6. The molecule has 2 saturated heterocycles. The third-order valence-electron chi connectivity index (χ3n) is 11.0. The van der Waals surface area contributed by atoms with Crippen molar-refractivity contribution in [2.24, 2.45) is 11.1 Å². The molecule has 4 aromatic rings. The van der Waals surface area contributed by atoms with Crippen molar-refractivity contribution in [1.29, 1.82) is 0 Å². The number of fused-ring (bicyclic) bond motifs is 6. The Morgan fingerprint density at radius 2 is 1.91 bits per heavy atom. The summed E-state index contributed by atoms with van der Waals surface area (Å²) in [6.07, 6.45) is 3.78. The number of nitrogens with two attached hydrogens (primary N) is 1. The van der Waals surface area contributed by atoms with Crippen LogP contribution in [-0.4, -0.2) is 95.7 Å². The first kappa shape index (κ1) is 36.9. The number of aromatic nitrogens is 3. The normalized spacial score (nSPS) is 23.5. The number of amides is 1. The van der Waals surface area contributed by atoms with E-state index in [2.05, 4.69) is 60.8 Å². The number of hydrogen-bond donors (Lipinski definition) is 2. The van der Waals surface area contributed by atoms with Gasteiger partial charge >= 0.3 is 5.97 Å². The number of nitrogens with zero attached hydrogens (tertiary/aromatic N) is 5. The molecule has 54 heavy (non-hydrogen) atoms. The molecule has 0 saturated carbocycles. The standard InChI is InChI=1S/C40H51N7O6S/c1-23(50-6)34-27(16-25(19-42-34)45-10-12-51-13-11-45)35-28-18-39(2,3)22-52-38(49)30-8-7-9-47(44-30)37(48)29(41)17-33-43-31(20-54-33)24-14-26(28)36-32(15-24)53-40(4,5)21-46(35)36/h14-16,19-20,23,29-30,44H,7-13,17-18,21-22,41H2,1-6H3/t23-,29-,30-/m0/s1. The minimum atomic E-state index is -0.814. The molecule has 2 fully saturated rings. The minimum Gasteiger partial charge on any atom is -0.484 e. The lowest BCUT2D eigenvalue weighted by Crippen LogP contribution is -2.59. The summed E-state index contributed by atoms with van der Waals surface area (Å²) in [7, 11) is 1.72. The van der Waals surface area contributed by atoms with Crippen molar-refractivity contribution in [3.8, 4) is 28.3 Å². The SMILES string of the molecule is CO[C@@H](C)c1ncc(N2CCOCC2)cc1-c1c2c3cc(cc4c3n1CC(C)(C)O4)-c1csc(n1)C[C@H](N)C(=O)N1CCC[C@H](N1)C(=O)OCC(C)(C)C2. The maximum Gasteiger partial charge on any atom is 0.324 e. The predicted molar refractivity (Wildman–Crippen MR) is 207 cm³/mol. The summed E-state index contributed by atoms with van der Waals surface area (Å²) in [5, 5.41) is 5.32. The Balaban J connectivity index is 1.35. The van der Waals surface area contributed by atoms with Crippen molar-refractivity contribution in [3.63, 3.8) is 0 Å². The van der Waals surface area contributed by atoms with Gasteiger partial charge in [-0.05, 0) is 63.8 Å². The number of esters is 1. The van der Waals surface area contributed by atoms with Crippen LogP contribution >= 0.6 is 11.3 Å². The number of carbonyl (C=O) groups excluding carboxylic acids is 2. The highest BCUT2D eigenvalue weighted by Crippen LogP contribution is 2.48. The number of anilines is 1. The van der Waals surface area contributed by atoms with Crippen molar-refractivity contribution in [2.45, 2.75) is 90.6 Å². The molecule has 288 valence electrons. The molecule has 8 rings (SSSR count). The number of nitrogens with one attached hydrogen (secondary N) is 1. The number of cyclic esters (lactones) is 1. The molecular formula is C40H51N7O6S. The Morgan fingerprint density at radius 1 is 1.11 bits per heavy atom. The Labute approximate surface area is 320 Å². The van der Waals surface area contributed by atoms with Crippen LogP contribution in [0.1, 0.15) is 69.8 Å². The fourth-order valence-electron chi connectivity index (χ4n) is 8.21. The van der Waals surface area contributed by atoms with Gasteiger partial charge in [0.1, 0.15) is 17.4 Å². The molecule has 1 aromatic carbocycles. The Morgan fingerprint density at radius 3 is 2.69 bits per heavy atom. The van der Waals surface area contributed by atoms with E-state index in [1.165, 1.54) is 16.3 Å². The number of ether oxygens (including phenoxy) is 4. The number of morpholine rings is 1. The number of hydrazine groups is 1. The molecule has 1 amide bonds. The maximum atomic E-state index is 13.6. The first-order chi connectivity index (χ1) is 25.8. The lowest BCUT2D eigenvalue weighted by Gasteiger charge is -2.35. The van der Waals surface area contributed by atoms with E-state index >= 15 is 0 Å². The quantitative estimate of drug-likeness (QED) is 0.270. The van der Waals surface area contributed by atoms with Gasteiger partial charge in [0, 0.05) is 60.5 Å². The fraction of sp³-hybridized carbons (Fsp3) is 0.550.